The van der Waals surface area contributed by atoms with Crippen LogP contribution in [0, 0.1) is 20.8 Å². The number of rotatable bonds is 3. The molecule has 9 aromatic rings. The maximum Gasteiger partial charge on any atom is 0.186 e. The molecule has 1 spiro atoms. The van der Waals surface area contributed by atoms with Crippen LogP contribution in [0.25, 0.3) is 55.6 Å². The molecule has 284 valence electrons. The SMILES string of the molecule is Cc1ccc(-c2ccc(-c3ccccc3)cc2)cc1.Cc1ccc(-c2ccccc2)cc1.Cc1ccc2c(c1)-c1ccccc1C1(O2)c2ccccc2-c2ccccc21. The average Bonchev–Trinajstić information content (AvgIpc) is 3.58. The highest BCUT2D eigenvalue weighted by Crippen LogP contribution is 2.58. The second-order valence-electron chi connectivity index (χ2n) is 15.5. The fourth-order valence-corrected chi connectivity index (χ4v) is 8.39. The van der Waals surface area contributed by atoms with E-state index in [9.17, 15) is 0 Å². The van der Waals surface area contributed by atoms with Crippen LogP contribution in [0.2, 0.25) is 0 Å². The zero-order valence-corrected chi connectivity index (χ0v) is 33.8. The van der Waals surface area contributed by atoms with Crippen molar-refractivity contribution in [1.29, 1.82) is 0 Å². The Morgan fingerprint density at radius 1 is 0.271 bits per heavy atom. The highest BCUT2D eigenvalue weighted by Gasteiger charge is 2.50. The standard InChI is InChI=1S/C26H18O.C19H16.C13H12/c1-17-14-15-25-21(16-17)20-10-4-7-13-24(20)26(27-25)22-11-5-2-8-18(22)19-9-3-6-12-23(19)26;1-15-7-9-17(10-8-15)19-13-11-18(12-14-19)16-5-3-2-4-6-16;1-11-7-9-13(10-8-11)12-5-3-2-4-6-12/h2-16H,1H3;2-14H,1H3;2-10H,1H3. The molecule has 1 heterocycles. The third-order valence-electron chi connectivity index (χ3n) is 11.4. The summed E-state index contributed by atoms with van der Waals surface area (Å²) in [5.41, 5.74) is 19.5. The molecule has 1 nitrogen and oxygen atoms in total. The Labute approximate surface area is 348 Å². The van der Waals surface area contributed by atoms with E-state index in [0.717, 1.165) is 5.75 Å². The van der Waals surface area contributed by atoms with E-state index in [0.29, 0.717) is 0 Å². The van der Waals surface area contributed by atoms with Crippen molar-refractivity contribution in [1.82, 2.24) is 0 Å². The van der Waals surface area contributed by atoms with E-state index in [1.165, 1.54) is 89.0 Å². The second-order valence-corrected chi connectivity index (χ2v) is 15.5. The Balaban J connectivity index is 0.000000123. The van der Waals surface area contributed by atoms with Gasteiger partial charge in [-0.25, -0.2) is 0 Å². The topological polar surface area (TPSA) is 9.23 Å². The van der Waals surface area contributed by atoms with Crippen LogP contribution >= 0.6 is 0 Å². The Kier molecular flexibility index (Phi) is 10.3. The highest BCUT2D eigenvalue weighted by atomic mass is 16.5. The minimum absolute atomic E-state index is 0.591. The molecule has 9 aromatic carbocycles. The Morgan fingerprint density at radius 2 is 0.576 bits per heavy atom. The van der Waals surface area contributed by atoms with Crippen LogP contribution in [0.1, 0.15) is 33.4 Å². The van der Waals surface area contributed by atoms with Gasteiger partial charge in [0, 0.05) is 22.3 Å². The third-order valence-corrected chi connectivity index (χ3v) is 11.4. The van der Waals surface area contributed by atoms with Crippen LogP contribution in [-0.2, 0) is 5.60 Å². The molecule has 0 aromatic heterocycles. The van der Waals surface area contributed by atoms with E-state index in [-0.39, 0.29) is 0 Å². The molecule has 0 atom stereocenters. The van der Waals surface area contributed by atoms with Crippen molar-refractivity contribution >= 4 is 0 Å². The van der Waals surface area contributed by atoms with Gasteiger partial charge in [0.05, 0.1) is 0 Å². The van der Waals surface area contributed by atoms with Crippen molar-refractivity contribution in [3.05, 3.63) is 258 Å². The van der Waals surface area contributed by atoms with E-state index < -0.39 is 5.60 Å². The van der Waals surface area contributed by atoms with Gasteiger partial charge in [-0.3, -0.25) is 0 Å². The monoisotopic (exact) mass is 758 g/mol. The molecule has 0 bridgehead atoms. The first-order chi connectivity index (χ1) is 29.0. The molecule has 2 aliphatic rings. The lowest BCUT2D eigenvalue weighted by molar-refractivity contribution is 0.157. The number of ether oxygens (including phenoxy) is 1. The van der Waals surface area contributed by atoms with Crippen molar-refractivity contribution < 1.29 is 4.74 Å². The third kappa shape index (κ3) is 7.40. The predicted octanol–water partition coefficient (Wildman–Crippen LogP) is 15.3. The predicted molar refractivity (Wildman–Crippen MR) is 248 cm³/mol. The number of aryl methyl sites for hydroxylation is 3. The number of benzene rings is 9. The number of hydrogen-bond acceptors (Lipinski definition) is 1. The van der Waals surface area contributed by atoms with Gasteiger partial charge in [-0.05, 0) is 83.0 Å². The van der Waals surface area contributed by atoms with Gasteiger partial charge in [0.1, 0.15) is 5.75 Å². The summed E-state index contributed by atoms with van der Waals surface area (Å²) < 4.78 is 6.91. The van der Waals surface area contributed by atoms with Crippen LogP contribution < -0.4 is 4.74 Å². The molecule has 1 aliphatic heterocycles. The molecule has 1 aliphatic carbocycles. The molecule has 0 amide bonds. The first-order valence-electron chi connectivity index (χ1n) is 20.4. The summed E-state index contributed by atoms with van der Waals surface area (Å²) in [6.45, 7) is 6.35. The summed E-state index contributed by atoms with van der Waals surface area (Å²) >= 11 is 0. The van der Waals surface area contributed by atoms with Gasteiger partial charge in [0.2, 0.25) is 0 Å². The smallest absolute Gasteiger partial charge is 0.186 e. The van der Waals surface area contributed by atoms with Crippen LogP contribution in [0.4, 0.5) is 0 Å². The molecular formula is C58H46O. The lowest BCUT2D eigenvalue weighted by atomic mass is 9.77. The minimum Gasteiger partial charge on any atom is -0.472 e. The van der Waals surface area contributed by atoms with Crippen molar-refractivity contribution in [3.63, 3.8) is 0 Å². The summed E-state index contributed by atoms with van der Waals surface area (Å²) in [7, 11) is 0. The molecule has 0 unspecified atom stereocenters. The second kappa shape index (κ2) is 16.3. The van der Waals surface area contributed by atoms with Crippen LogP contribution in [0.5, 0.6) is 5.75 Å². The van der Waals surface area contributed by atoms with Gasteiger partial charge in [0.25, 0.3) is 0 Å². The van der Waals surface area contributed by atoms with Crippen LogP contribution in [0.15, 0.2) is 224 Å². The van der Waals surface area contributed by atoms with E-state index >= 15 is 0 Å². The fraction of sp³-hybridized carbons (Fsp3) is 0.0690. The highest BCUT2D eigenvalue weighted by molar-refractivity contribution is 5.88. The summed E-state index contributed by atoms with van der Waals surface area (Å²) in [6.07, 6.45) is 0. The van der Waals surface area contributed by atoms with Gasteiger partial charge in [0.15, 0.2) is 5.60 Å². The van der Waals surface area contributed by atoms with E-state index in [2.05, 4.69) is 233 Å². The molecule has 0 saturated carbocycles. The minimum atomic E-state index is -0.591. The van der Waals surface area contributed by atoms with Crippen molar-refractivity contribution in [2.75, 3.05) is 0 Å². The summed E-state index contributed by atoms with van der Waals surface area (Å²) in [5.74, 6) is 0.950. The molecular weight excluding hydrogens is 713 g/mol. The van der Waals surface area contributed by atoms with E-state index in [1.54, 1.807) is 0 Å². The van der Waals surface area contributed by atoms with Crippen molar-refractivity contribution in [3.8, 4) is 61.4 Å². The van der Waals surface area contributed by atoms with E-state index in [4.69, 9.17) is 4.74 Å². The van der Waals surface area contributed by atoms with Gasteiger partial charge < -0.3 is 4.74 Å². The number of fused-ring (bicyclic) bond motifs is 9. The molecule has 0 saturated heterocycles. The quantitative estimate of drug-likeness (QED) is 0.174. The Morgan fingerprint density at radius 3 is 0.983 bits per heavy atom. The first-order valence-corrected chi connectivity index (χ1v) is 20.4. The first kappa shape index (κ1) is 37.4. The average molecular weight is 759 g/mol. The van der Waals surface area contributed by atoms with Gasteiger partial charge in [-0.2, -0.15) is 0 Å². The maximum atomic E-state index is 6.91. The summed E-state index contributed by atoms with van der Waals surface area (Å²) in [5, 5.41) is 0. The van der Waals surface area contributed by atoms with Crippen molar-refractivity contribution in [2.24, 2.45) is 0 Å². The molecule has 0 fully saturated rings. The molecule has 0 radical (unpaired) electrons. The summed E-state index contributed by atoms with van der Waals surface area (Å²) in [6, 6.07) is 79.4. The Hall–Kier alpha value is -7.22. The van der Waals surface area contributed by atoms with Gasteiger partial charge in [-0.15, -0.1) is 0 Å². The van der Waals surface area contributed by atoms with E-state index in [1.807, 2.05) is 12.1 Å². The lowest BCUT2D eigenvalue weighted by Gasteiger charge is -2.39. The Bertz CT molecular complexity index is 2790. The largest absolute Gasteiger partial charge is 0.472 e. The normalized spacial score (nSPS) is 12.3. The van der Waals surface area contributed by atoms with Crippen molar-refractivity contribution in [2.45, 2.75) is 26.4 Å². The maximum absolute atomic E-state index is 6.91. The molecule has 0 N–H and O–H groups in total. The van der Waals surface area contributed by atoms with Crippen LogP contribution in [0.3, 0.4) is 0 Å². The number of hydrogen-bond donors (Lipinski definition) is 0. The molecule has 11 rings (SSSR count). The molecule has 59 heavy (non-hydrogen) atoms. The van der Waals surface area contributed by atoms with Gasteiger partial charge >= 0.3 is 0 Å². The molecule has 1 heteroatoms. The lowest BCUT2D eigenvalue weighted by Crippen LogP contribution is -2.36. The fourth-order valence-electron chi connectivity index (χ4n) is 8.39. The van der Waals surface area contributed by atoms with Gasteiger partial charge in [-0.1, -0.05) is 229 Å². The van der Waals surface area contributed by atoms with Crippen LogP contribution in [-0.4, -0.2) is 0 Å². The zero-order chi connectivity index (χ0) is 40.2. The zero-order valence-electron chi connectivity index (χ0n) is 33.8. The summed E-state index contributed by atoms with van der Waals surface area (Å²) in [4.78, 5) is 0.